The maximum atomic E-state index is 11.7. The minimum Gasteiger partial charge on any atom is -0.497 e. The van der Waals surface area contributed by atoms with E-state index in [0.29, 0.717) is 5.75 Å². The summed E-state index contributed by atoms with van der Waals surface area (Å²) in [7, 11) is 3.16. The molecule has 1 unspecified atom stereocenters. The number of nitrogens with zero attached hydrogens (tertiary/aromatic N) is 2. The highest BCUT2D eigenvalue weighted by atomic mass is 16.6. The maximum absolute atomic E-state index is 11.7. The lowest BCUT2D eigenvalue weighted by Crippen LogP contribution is -2.05. The lowest BCUT2D eigenvalue weighted by molar-refractivity contribution is -0.386. The normalized spacial score (nSPS) is 10.9. The number of carbonyl (C=O) groups excluding carboxylic acids is 1. The standard InChI is InChI=1S/C16H17NO5.C16H15NO5/c2*1-11(18)16-14(17(19)20)4-3-5-15(16)22-10-12-6-8-13(21-2)9-7-12/h3-9,11,18H,10H2,1-2H3;3-9H,10H2,1-2H3. The summed E-state index contributed by atoms with van der Waals surface area (Å²) >= 11 is 0. The van der Waals surface area contributed by atoms with Crippen LogP contribution in [0.4, 0.5) is 11.4 Å². The number of nitro groups is 2. The second kappa shape index (κ2) is 15.7. The first-order chi connectivity index (χ1) is 21.0. The Balaban J connectivity index is 0.000000240. The molecule has 1 N–H and O–H groups in total. The molecule has 0 radical (unpaired) electrons. The van der Waals surface area contributed by atoms with Gasteiger partial charge in [-0.3, -0.25) is 25.0 Å². The van der Waals surface area contributed by atoms with E-state index < -0.39 is 21.7 Å². The van der Waals surface area contributed by atoms with E-state index in [0.717, 1.165) is 22.6 Å². The number of aliphatic hydroxyl groups is 1. The van der Waals surface area contributed by atoms with Crippen molar-refractivity contribution < 1.29 is 38.7 Å². The first kappa shape index (κ1) is 33.0. The van der Waals surface area contributed by atoms with Gasteiger partial charge in [-0.25, -0.2) is 0 Å². The van der Waals surface area contributed by atoms with E-state index in [-0.39, 0.29) is 41.5 Å². The van der Waals surface area contributed by atoms with Crippen LogP contribution < -0.4 is 18.9 Å². The highest BCUT2D eigenvalue weighted by molar-refractivity contribution is 6.00. The van der Waals surface area contributed by atoms with Crippen molar-refractivity contribution in [3.8, 4) is 23.0 Å². The third-order valence-corrected chi connectivity index (χ3v) is 6.32. The molecule has 0 aliphatic carbocycles. The fourth-order valence-electron chi connectivity index (χ4n) is 4.15. The van der Waals surface area contributed by atoms with Crippen LogP contribution in [0.1, 0.15) is 47.0 Å². The number of hydrogen-bond donors (Lipinski definition) is 1. The number of methoxy groups -OCH3 is 2. The van der Waals surface area contributed by atoms with Gasteiger partial charge in [-0.05, 0) is 61.4 Å². The number of ketones is 1. The Hall–Kier alpha value is -5.49. The number of rotatable bonds is 12. The molecule has 4 aromatic rings. The minimum absolute atomic E-state index is 0.0130. The van der Waals surface area contributed by atoms with E-state index in [2.05, 4.69) is 0 Å². The van der Waals surface area contributed by atoms with E-state index >= 15 is 0 Å². The van der Waals surface area contributed by atoms with Crippen molar-refractivity contribution in [3.63, 3.8) is 0 Å². The number of nitro benzene ring substituents is 2. The number of ether oxygens (including phenoxy) is 4. The molecule has 12 heteroatoms. The summed E-state index contributed by atoms with van der Waals surface area (Å²) in [4.78, 5) is 32.6. The average molecular weight is 605 g/mol. The highest BCUT2D eigenvalue weighted by Gasteiger charge is 2.23. The van der Waals surface area contributed by atoms with E-state index in [4.69, 9.17) is 18.9 Å². The fraction of sp³-hybridized carbons (Fsp3) is 0.219. The van der Waals surface area contributed by atoms with Crippen LogP contribution in [0.2, 0.25) is 0 Å². The summed E-state index contributed by atoms with van der Waals surface area (Å²) in [5, 5.41) is 31.9. The minimum atomic E-state index is -0.993. The molecule has 4 aromatic carbocycles. The van der Waals surface area contributed by atoms with E-state index in [1.54, 1.807) is 38.5 Å². The smallest absolute Gasteiger partial charge is 0.283 e. The van der Waals surface area contributed by atoms with Crippen LogP contribution in [-0.2, 0) is 13.2 Å². The number of benzene rings is 4. The summed E-state index contributed by atoms with van der Waals surface area (Å²) < 4.78 is 21.4. The predicted molar refractivity (Wildman–Crippen MR) is 161 cm³/mol. The van der Waals surface area contributed by atoms with E-state index in [9.17, 15) is 30.1 Å². The topological polar surface area (TPSA) is 160 Å². The van der Waals surface area contributed by atoms with Gasteiger partial charge in [0.1, 0.15) is 41.8 Å². The Bertz CT molecular complexity index is 1590. The molecule has 0 heterocycles. The van der Waals surface area contributed by atoms with Crippen molar-refractivity contribution >= 4 is 17.2 Å². The van der Waals surface area contributed by atoms with Crippen molar-refractivity contribution in [3.05, 3.63) is 127 Å². The molecular weight excluding hydrogens is 572 g/mol. The lowest BCUT2D eigenvalue weighted by atomic mass is 10.1. The van der Waals surface area contributed by atoms with Crippen molar-refractivity contribution in [2.24, 2.45) is 0 Å². The maximum Gasteiger partial charge on any atom is 0.283 e. The first-order valence-corrected chi connectivity index (χ1v) is 13.3. The van der Waals surface area contributed by atoms with Crippen LogP contribution in [0.25, 0.3) is 0 Å². The summed E-state index contributed by atoms with van der Waals surface area (Å²) in [6, 6.07) is 23.4. The van der Waals surface area contributed by atoms with Crippen LogP contribution in [-0.4, -0.2) is 35.0 Å². The third kappa shape index (κ3) is 8.76. The molecular formula is C32H32N2O10. The van der Waals surface area contributed by atoms with Crippen molar-refractivity contribution in [1.82, 2.24) is 0 Å². The number of carbonyl (C=O) groups is 1. The fourth-order valence-corrected chi connectivity index (χ4v) is 4.15. The Labute approximate surface area is 253 Å². The van der Waals surface area contributed by atoms with Gasteiger partial charge in [0.05, 0.1) is 35.7 Å². The number of hydrogen-bond acceptors (Lipinski definition) is 10. The van der Waals surface area contributed by atoms with Gasteiger partial charge in [0.15, 0.2) is 5.78 Å². The predicted octanol–water partition coefficient (Wildman–Crippen LogP) is 6.62. The van der Waals surface area contributed by atoms with Gasteiger partial charge in [0.25, 0.3) is 11.4 Å². The summed E-state index contributed by atoms with van der Waals surface area (Å²) in [5.74, 6) is 1.57. The molecule has 0 bridgehead atoms. The van der Waals surface area contributed by atoms with Crippen LogP contribution in [0.15, 0.2) is 84.9 Å². The van der Waals surface area contributed by atoms with Crippen LogP contribution in [0.5, 0.6) is 23.0 Å². The van der Waals surface area contributed by atoms with Gasteiger partial charge in [0, 0.05) is 12.1 Å². The molecule has 0 saturated heterocycles. The van der Waals surface area contributed by atoms with Crippen LogP contribution >= 0.6 is 0 Å². The van der Waals surface area contributed by atoms with Gasteiger partial charge >= 0.3 is 0 Å². The van der Waals surface area contributed by atoms with Crippen molar-refractivity contribution in [2.45, 2.75) is 33.2 Å². The molecule has 0 aliphatic rings. The SMILES string of the molecule is COc1ccc(COc2cccc([N+](=O)[O-])c2C(C)=O)cc1.COc1ccc(COc2cccc([N+](=O)[O-])c2C(C)O)cc1. The van der Waals surface area contributed by atoms with Gasteiger partial charge < -0.3 is 24.1 Å². The Morgan fingerprint density at radius 3 is 1.57 bits per heavy atom. The van der Waals surface area contributed by atoms with E-state index in [1.807, 2.05) is 36.4 Å². The molecule has 1 atom stereocenters. The molecule has 230 valence electrons. The average Bonchev–Trinajstić information content (AvgIpc) is 3.02. The summed E-state index contributed by atoms with van der Waals surface area (Å²) in [5.41, 5.74) is 1.52. The number of Topliss-reactive ketones (excluding diaryl/α,β-unsaturated/α-hetero) is 1. The highest BCUT2D eigenvalue weighted by Crippen LogP contribution is 2.34. The van der Waals surface area contributed by atoms with Crippen LogP contribution in [0, 0.1) is 20.2 Å². The monoisotopic (exact) mass is 604 g/mol. The molecule has 4 rings (SSSR count). The van der Waals surface area contributed by atoms with Gasteiger partial charge in [-0.2, -0.15) is 0 Å². The van der Waals surface area contributed by atoms with Crippen molar-refractivity contribution in [2.75, 3.05) is 14.2 Å². The molecule has 12 nitrogen and oxygen atoms in total. The van der Waals surface area contributed by atoms with Crippen LogP contribution in [0.3, 0.4) is 0 Å². The zero-order chi connectivity index (χ0) is 32.2. The van der Waals surface area contributed by atoms with Gasteiger partial charge in [-0.1, -0.05) is 36.4 Å². The van der Waals surface area contributed by atoms with Crippen molar-refractivity contribution in [1.29, 1.82) is 0 Å². The third-order valence-electron chi connectivity index (χ3n) is 6.32. The molecule has 0 aromatic heterocycles. The lowest BCUT2D eigenvalue weighted by Gasteiger charge is -2.13. The molecule has 0 fully saturated rings. The van der Waals surface area contributed by atoms with Gasteiger partial charge in [0.2, 0.25) is 0 Å². The number of aliphatic hydroxyl groups excluding tert-OH is 1. The second-order valence-electron chi connectivity index (χ2n) is 9.36. The largest absolute Gasteiger partial charge is 0.497 e. The summed E-state index contributed by atoms with van der Waals surface area (Å²) in [6.45, 7) is 3.20. The second-order valence-corrected chi connectivity index (χ2v) is 9.36. The Morgan fingerprint density at radius 2 is 1.16 bits per heavy atom. The zero-order valence-electron chi connectivity index (χ0n) is 24.6. The Morgan fingerprint density at radius 1 is 0.727 bits per heavy atom. The molecule has 0 saturated carbocycles. The molecule has 0 amide bonds. The molecule has 0 aliphatic heterocycles. The Kier molecular flexibility index (Phi) is 11.7. The quantitative estimate of drug-likeness (QED) is 0.106. The first-order valence-electron chi connectivity index (χ1n) is 13.3. The summed E-state index contributed by atoms with van der Waals surface area (Å²) in [6.07, 6.45) is -0.993. The van der Waals surface area contributed by atoms with Gasteiger partial charge in [-0.15, -0.1) is 0 Å². The van der Waals surface area contributed by atoms with E-state index in [1.165, 1.54) is 38.1 Å². The molecule has 0 spiro atoms. The zero-order valence-corrected chi connectivity index (χ0v) is 24.6. The molecule has 44 heavy (non-hydrogen) atoms.